The average molecular weight is 395 g/mol. The van der Waals surface area contributed by atoms with Crippen LogP contribution in [0.25, 0.3) is 11.3 Å². The van der Waals surface area contributed by atoms with Crippen LogP contribution in [-0.4, -0.2) is 26.6 Å². The van der Waals surface area contributed by atoms with E-state index in [-0.39, 0.29) is 17.7 Å². The van der Waals surface area contributed by atoms with E-state index in [1.807, 2.05) is 44.5 Å². The summed E-state index contributed by atoms with van der Waals surface area (Å²) in [6, 6.07) is 5.89. The van der Waals surface area contributed by atoms with Crippen LogP contribution < -0.4 is 10.6 Å². The van der Waals surface area contributed by atoms with E-state index in [0.29, 0.717) is 17.1 Å². The molecule has 0 atom stereocenters. The molecule has 0 fully saturated rings. The molecular weight excluding hydrogens is 374 g/mol. The van der Waals surface area contributed by atoms with Crippen molar-refractivity contribution in [2.75, 3.05) is 10.6 Å². The summed E-state index contributed by atoms with van der Waals surface area (Å²) in [5.41, 5.74) is 5.08. The molecule has 0 saturated carbocycles. The Kier molecular flexibility index (Phi) is 4.72. The van der Waals surface area contributed by atoms with Crippen LogP contribution in [0.2, 0.25) is 0 Å². The highest BCUT2D eigenvalue weighted by molar-refractivity contribution is 7.14. The summed E-state index contributed by atoms with van der Waals surface area (Å²) in [4.78, 5) is 28.7. The molecule has 2 amide bonds. The zero-order valence-electron chi connectivity index (χ0n) is 15.9. The average Bonchev–Trinajstić information content (AvgIpc) is 3.28. The number of carbonyl (C=O) groups is 2. The standard InChI is InChI=1S/C20H21N5O2S/c1-11(2)18-14(9-25(3)24-18)19(27)23-20-22-16(10-28-20)13-4-6-15-12(8-13)5-7-17(26)21-15/h4,6,8-11H,5,7H2,1-3H3,(H,21,26)(H,22,23,27). The van der Waals surface area contributed by atoms with Gasteiger partial charge in [-0.05, 0) is 30.0 Å². The second-order valence-corrected chi connectivity index (χ2v) is 8.03. The molecule has 3 aromatic rings. The molecule has 0 radical (unpaired) electrons. The van der Waals surface area contributed by atoms with E-state index < -0.39 is 0 Å². The number of carbonyl (C=O) groups excluding carboxylic acids is 2. The fraction of sp³-hybridized carbons (Fsp3) is 0.300. The summed E-state index contributed by atoms with van der Waals surface area (Å²) in [6.07, 6.45) is 2.96. The third kappa shape index (κ3) is 3.55. The fourth-order valence-electron chi connectivity index (χ4n) is 3.28. The van der Waals surface area contributed by atoms with Crippen LogP contribution >= 0.6 is 11.3 Å². The van der Waals surface area contributed by atoms with Crippen molar-refractivity contribution >= 4 is 34.0 Å². The van der Waals surface area contributed by atoms with Gasteiger partial charge in [0.25, 0.3) is 5.91 Å². The largest absolute Gasteiger partial charge is 0.326 e. The number of thiazole rings is 1. The lowest BCUT2D eigenvalue weighted by Crippen LogP contribution is -2.18. The van der Waals surface area contributed by atoms with Gasteiger partial charge in [-0.15, -0.1) is 11.3 Å². The normalized spacial score (nSPS) is 13.4. The maximum atomic E-state index is 12.7. The van der Waals surface area contributed by atoms with Gasteiger partial charge >= 0.3 is 0 Å². The molecule has 144 valence electrons. The number of aromatic nitrogens is 3. The van der Waals surface area contributed by atoms with Gasteiger partial charge in [0.15, 0.2) is 5.13 Å². The van der Waals surface area contributed by atoms with E-state index in [1.165, 1.54) is 11.3 Å². The first-order valence-electron chi connectivity index (χ1n) is 9.14. The van der Waals surface area contributed by atoms with Crippen LogP contribution in [0.15, 0.2) is 29.8 Å². The van der Waals surface area contributed by atoms with Crippen LogP contribution in [-0.2, 0) is 18.3 Å². The number of benzene rings is 1. The molecule has 1 aromatic carbocycles. The smallest absolute Gasteiger partial charge is 0.260 e. The Morgan fingerprint density at radius 2 is 2.14 bits per heavy atom. The highest BCUT2D eigenvalue weighted by Crippen LogP contribution is 2.31. The van der Waals surface area contributed by atoms with E-state index in [1.54, 1.807) is 10.9 Å². The lowest BCUT2D eigenvalue weighted by Gasteiger charge is -2.17. The number of aryl methyl sites for hydroxylation is 2. The zero-order chi connectivity index (χ0) is 19.8. The number of hydrogen-bond donors (Lipinski definition) is 2. The van der Waals surface area contributed by atoms with Gasteiger partial charge in [0.1, 0.15) is 0 Å². The predicted octanol–water partition coefficient (Wildman–Crippen LogP) is 3.80. The van der Waals surface area contributed by atoms with E-state index >= 15 is 0 Å². The van der Waals surface area contributed by atoms with Crippen molar-refractivity contribution in [3.05, 3.63) is 46.6 Å². The van der Waals surface area contributed by atoms with Crippen LogP contribution in [0.1, 0.15) is 47.8 Å². The van der Waals surface area contributed by atoms with Crippen molar-refractivity contribution in [3.63, 3.8) is 0 Å². The first kappa shape index (κ1) is 18.4. The monoisotopic (exact) mass is 395 g/mol. The number of amides is 2. The van der Waals surface area contributed by atoms with Gasteiger partial charge < -0.3 is 5.32 Å². The first-order valence-corrected chi connectivity index (χ1v) is 10.0. The van der Waals surface area contributed by atoms with Gasteiger partial charge in [-0.3, -0.25) is 19.6 Å². The first-order chi connectivity index (χ1) is 13.4. The number of fused-ring (bicyclic) bond motifs is 1. The Morgan fingerprint density at radius 1 is 1.32 bits per heavy atom. The Labute approximate surface area is 166 Å². The van der Waals surface area contributed by atoms with Crippen molar-refractivity contribution in [1.82, 2.24) is 14.8 Å². The Hall–Kier alpha value is -3.00. The molecule has 0 bridgehead atoms. The van der Waals surface area contributed by atoms with E-state index in [0.717, 1.165) is 34.6 Å². The molecule has 1 aliphatic heterocycles. The minimum Gasteiger partial charge on any atom is -0.326 e. The van der Waals surface area contributed by atoms with Crippen LogP contribution in [0.5, 0.6) is 0 Å². The van der Waals surface area contributed by atoms with Crippen LogP contribution in [0.3, 0.4) is 0 Å². The molecular formula is C20H21N5O2S. The van der Waals surface area contributed by atoms with Crippen molar-refractivity contribution in [2.24, 2.45) is 7.05 Å². The summed E-state index contributed by atoms with van der Waals surface area (Å²) in [6.45, 7) is 4.03. The van der Waals surface area contributed by atoms with E-state index in [9.17, 15) is 9.59 Å². The molecule has 8 heteroatoms. The minimum absolute atomic E-state index is 0.0510. The number of hydrogen-bond acceptors (Lipinski definition) is 5. The molecule has 0 saturated heterocycles. The molecule has 0 unspecified atom stereocenters. The summed E-state index contributed by atoms with van der Waals surface area (Å²) in [5.74, 6) is 0.00530. The molecule has 0 spiro atoms. The molecule has 1 aliphatic rings. The summed E-state index contributed by atoms with van der Waals surface area (Å²) >= 11 is 1.39. The van der Waals surface area contributed by atoms with Gasteiger partial charge in [-0.25, -0.2) is 4.98 Å². The summed E-state index contributed by atoms with van der Waals surface area (Å²) < 4.78 is 1.66. The zero-order valence-corrected chi connectivity index (χ0v) is 16.8. The highest BCUT2D eigenvalue weighted by atomic mass is 32.1. The van der Waals surface area contributed by atoms with Crippen molar-refractivity contribution < 1.29 is 9.59 Å². The topological polar surface area (TPSA) is 88.9 Å². The number of nitrogens with zero attached hydrogens (tertiary/aromatic N) is 3. The Bertz CT molecular complexity index is 1070. The van der Waals surface area contributed by atoms with E-state index in [4.69, 9.17) is 0 Å². The Morgan fingerprint density at radius 3 is 2.93 bits per heavy atom. The molecule has 28 heavy (non-hydrogen) atoms. The van der Waals surface area contributed by atoms with Crippen molar-refractivity contribution in [3.8, 4) is 11.3 Å². The summed E-state index contributed by atoms with van der Waals surface area (Å²) in [7, 11) is 1.81. The quantitative estimate of drug-likeness (QED) is 0.703. The third-order valence-corrected chi connectivity index (χ3v) is 5.43. The lowest BCUT2D eigenvalue weighted by molar-refractivity contribution is -0.116. The van der Waals surface area contributed by atoms with Gasteiger partial charge in [0.05, 0.1) is 17.0 Å². The second-order valence-electron chi connectivity index (χ2n) is 7.17. The van der Waals surface area contributed by atoms with Crippen LogP contribution in [0, 0.1) is 0 Å². The molecule has 2 aromatic heterocycles. The van der Waals surface area contributed by atoms with Crippen molar-refractivity contribution in [2.45, 2.75) is 32.6 Å². The van der Waals surface area contributed by atoms with Gasteiger partial charge in [-0.2, -0.15) is 5.10 Å². The van der Waals surface area contributed by atoms with Gasteiger partial charge in [0.2, 0.25) is 5.91 Å². The molecule has 3 heterocycles. The molecule has 7 nitrogen and oxygen atoms in total. The van der Waals surface area contributed by atoms with Crippen LogP contribution in [0.4, 0.5) is 10.8 Å². The Balaban J connectivity index is 1.54. The van der Waals surface area contributed by atoms with Crippen molar-refractivity contribution in [1.29, 1.82) is 0 Å². The molecule has 0 aliphatic carbocycles. The van der Waals surface area contributed by atoms with Gasteiger partial charge in [-0.1, -0.05) is 19.9 Å². The maximum absolute atomic E-state index is 12.7. The fourth-order valence-corrected chi connectivity index (χ4v) is 3.99. The third-order valence-electron chi connectivity index (χ3n) is 4.67. The predicted molar refractivity (Wildman–Crippen MR) is 110 cm³/mol. The number of nitrogens with one attached hydrogen (secondary N) is 2. The highest BCUT2D eigenvalue weighted by Gasteiger charge is 2.20. The number of rotatable bonds is 4. The lowest BCUT2D eigenvalue weighted by atomic mass is 9.99. The number of anilines is 2. The molecule has 4 rings (SSSR count). The SMILES string of the molecule is CC(C)c1nn(C)cc1C(=O)Nc1nc(-c2ccc3c(c2)CCC(=O)N3)cs1. The minimum atomic E-state index is -0.203. The second kappa shape index (κ2) is 7.20. The summed E-state index contributed by atoms with van der Waals surface area (Å²) in [5, 5.41) is 12.6. The van der Waals surface area contributed by atoms with E-state index in [2.05, 4.69) is 20.7 Å². The van der Waals surface area contributed by atoms with Gasteiger partial charge in [0, 0.05) is 36.3 Å². The molecule has 2 N–H and O–H groups in total. The maximum Gasteiger partial charge on any atom is 0.260 e.